The molecule has 0 unspecified atom stereocenters. The number of hydrogen-bond donors (Lipinski definition) is 0. The number of ketones is 1. The Balaban J connectivity index is 2.12. The van der Waals surface area contributed by atoms with Crippen LogP contribution in [0.5, 0.6) is 11.5 Å². The zero-order chi connectivity index (χ0) is 13.7. The van der Waals surface area contributed by atoms with Gasteiger partial charge in [-0.2, -0.15) is 11.8 Å². The lowest BCUT2D eigenvalue weighted by atomic mass is 10.1. The molecule has 0 atom stereocenters. The maximum Gasteiger partial charge on any atom is 0.161 e. The van der Waals surface area contributed by atoms with Gasteiger partial charge in [0, 0.05) is 6.42 Å². The number of methoxy groups -OCH3 is 1. The van der Waals surface area contributed by atoms with Crippen LogP contribution in [0.4, 0.5) is 0 Å². The molecule has 2 rings (SSSR count). The van der Waals surface area contributed by atoms with Crippen LogP contribution in [0.2, 0.25) is 0 Å². The number of hydrogen-bond acceptors (Lipinski definition) is 4. The van der Waals surface area contributed by atoms with E-state index in [0.29, 0.717) is 6.42 Å². The van der Waals surface area contributed by atoms with Gasteiger partial charge in [-0.1, -0.05) is 6.07 Å². The predicted molar refractivity (Wildman–Crippen MR) is 78.4 cm³/mol. The molecule has 19 heavy (non-hydrogen) atoms. The lowest BCUT2D eigenvalue weighted by Gasteiger charge is -2.24. The Morgan fingerprint density at radius 3 is 2.68 bits per heavy atom. The van der Waals surface area contributed by atoms with Crippen LogP contribution in [0.3, 0.4) is 0 Å². The van der Waals surface area contributed by atoms with Gasteiger partial charge < -0.3 is 9.47 Å². The van der Waals surface area contributed by atoms with Gasteiger partial charge in [-0.05, 0) is 49.0 Å². The molecule has 0 saturated carbocycles. The van der Waals surface area contributed by atoms with Gasteiger partial charge in [0.1, 0.15) is 11.9 Å². The molecule has 1 saturated heterocycles. The molecular formula is C15H20O3S. The fourth-order valence-electron chi connectivity index (χ4n) is 2.18. The third-order valence-electron chi connectivity index (χ3n) is 3.14. The molecular weight excluding hydrogens is 260 g/mol. The minimum absolute atomic E-state index is 0.158. The number of benzene rings is 1. The Kier molecular flexibility index (Phi) is 5.14. The van der Waals surface area contributed by atoms with E-state index in [1.54, 1.807) is 14.0 Å². The second-order valence-electron chi connectivity index (χ2n) is 4.79. The number of ether oxygens (including phenoxy) is 2. The molecule has 1 fully saturated rings. The van der Waals surface area contributed by atoms with E-state index in [1.807, 2.05) is 30.0 Å². The third-order valence-corrected chi connectivity index (χ3v) is 4.19. The van der Waals surface area contributed by atoms with Crippen LogP contribution in [0, 0.1) is 0 Å². The van der Waals surface area contributed by atoms with Crippen molar-refractivity contribution in [2.24, 2.45) is 0 Å². The van der Waals surface area contributed by atoms with Gasteiger partial charge in [-0.25, -0.2) is 0 Å². The summed E-state index contributed by atoms with van der Waals surface area (Å²) in [5.41, 5.74) is 0.980. The van der Waals surface area contributed by atoms with Crippen molar-refractivity contribution in [2.45, 2.75) is 32.3 Å². The van der Waals surface area contributed by atoms with Crippen molar-refractivity contribution >= 4 is 17.5 Å². The van der Waals surface area contributed by atoms with Gasteiger partial charge in [-0.15, -0.1) is 0 Å². The Bertz CT molecular complexity index is 439. The SMILES string of the molecule is COc1ccc(CC(C)=O)cc1OC1CCSCC1. The van der Waals surface area contributed by atoms with E-state index in [1.165, 1.54) is 0 Å². The fraction of sp³-hybridized carbons (Fsp3) is 0.533. The summed E-state index contributed by atoms with van der Waals surface area (Å²) in [7, 11) is 1.64. The van der Waals surface area contributed by atoms with Crippen LogP contribution < -0.4 is 9.47 Å². The van der Waals surface area contributed by atoms with E-state index in [2.05, 4.69) is 0 Å². The van der Waals surface area contributed by atoms with Crippen LogP contribution in [-0.4, -0.2) is 30.5 Å². The van der Waals surface area contributed by atoms with Gasteiger partial charge in [0.25, 0.3) is 0 Å². The van der Waals surface area contributed by atoms with Crippen LogP contribution in [0.15, 0.2) is 18.2 Å². The van der Waals surface area contributed by atoms with Crippen molar-refractivity contribution in [1.29, 1.82) is 0 Å². The van der Waals surface area contributed by atoms with Gasteiger partial charge >= 0.3 is 0 Å². The topological polar surface area (TPSA) is 35.5 Å². The largest absolute Gasteiger partial charge is 0.493 e. The smallest absolute Gasteiger partial charge is 0.161 e. The van der Waals surface area contributed by atoms with Crippen molar-refractivity contribution in [2.75, 3.05) is 18.6 Å². The van der Waals surface area contributed by atoms with Crippen molar-refractivity contribution in [1.82, 2.24) is 0 Å². The number of thioether (sulfide) groups is 1. The van der Waals surface area contributed by atoms with Gasteiger partial charge in [0.05, 0.1) is 7.11 Å². The molecule has 3 nitrogen and oxygen atoms in total. The Morgan fingerprint density at radius 2 is 2.05 bits per heavy atom. The zero-order valence-corrected chi connectivity index (χ0v) is 12.3. The Hall–Kier alpha value is -1.16. The van der Waals surface area contributed by atoms with E-state index >= 15 is 0 Å². The summed E-state index contributed by atoms with van der Waals surface area (Å²) in [6.45, 7) is 1.60. The van der Waals surface area contributed by atoms with Gasteiger partial charge in [-0.3, -0.25) is 4.79 Å². The third kappa shape index (κ3) is 4.16. The molecule has 0 radical (unpaired) electrons. The molecule has 0 aromatic heterocycles. The van der Waals surface area contributed by atoms with Crippen LogP contribution in [0.25, 0.3) is 0 Å². The highest BCUT2D eigenvalue weighted by Crippen LogP contribution is 2.31. The zero-order valence-electron chi connectivity index (χ0n) is 11.5. The lowest BCUT2D eigenvalue weighted by molar-refractivity contribution is -0.116. The van der Waals surface area contributed by atoms with Crippen LogP contribution in [-0.2, 0) is 11.2 Å². The first-order valence-corrected chi connectivity index (χ1v) is 7.75. The Morgan fingerprint density at radius 1 is 1.32 bits per heavy atom. The summed E-state index contributed by atoms with van der Waals surface area (Å²) < 4.78 is 11.4. The standard InChI is InChI=1S/C15H20O3S/c1-11(16)9-12-3-4-14(17-2)15(10-12)18-13-5-7-19-8-6-13/h3-4,10,13H,5-9H2,1-2H3. The molecule has 0 amide bonds. The van der Waals surface area contributed by atoms with E-state index < -0.39 is 0 Å². The Labute approximate surface area is 118 Å². The summed E-state index contributed by atoms with van der Waals surface area (Å²) in [6, 6.07) is 5.73. The van der Waals surface area contributed by atoms with E-state index in [-0.39, 0.29) is 11.9 Å². The number of rotatable bonds is 5. The van der Waals surface area contributed by atoms with Gasteiger partial charge in [0.2, 0.25) is 0 Å². The first-order valence-electron chi connectivity index (χ1n) is 6.60. The quantitative estimate of drug-likeness (QED) is 0.830. The predicted octanol–water partition coefficient (Wildman–Crippen LogP) is 3.10. The molecule has 104 valence electrons. The average Bonchev–Trinajstić information content (AvgIpc) is 2.39. The number of carbonyl (C=O) groups is 1. The molecule has 0 bridgehead atoms. The second-order valence-corrected chi connectivity index (χ2v) is 6.02. The fourth-order valence-corrected chi connectivity index (χ4v) is 3.25. The van der Waals surface area contributed by atoms with Crippen LogP contribution in [0.1, 0.15) is 25.3 Å². The highest BCUT2D eigenvalue weighted by molar-refractivity contribution is 7.99. The molecule has 1 aliphatic rings. The normalized spacial score (nSPS) is 16.1. The van der Waals surface area contributed by atoms with Crippen molar-refractivity contribution in [3.05, 3.63) is 23.8 Å². The summed E-state index contributed by atoms with van der Waals surface area (Å²) >= 11 is 1.97. The summed E-state index contributed by atoms with van der Waals surface area (Å²) in [5, 5.41) is 0. The van der Waals surface area contributed by atoms with E-state index in [0.717, 1.165) is 41.4 Å². The molecule has 0 N–H and O–H groups in total. The van der Waals surface area contributed by atoms with Crippen molar-refractivity contribution < 1.29 is 14.3 Å². The molecule has 4 heteroatoms. The first kappa shape index (κ1) is 14.3. The van der Waals surface area contributed by atoms with Crippen molar-refractivity contribution in [3.8, 4) is 11.5 Å². The maximum absolute atomic E-state index is 11.2. The first-order chi connectivity index (χ1) is 9.19. The minimum atomic E-state index is 0.158. The summed E-state index contributed by atoms with van der Waals surface area (Å²) in [5.74, 6) is 3.97. The molecule has 0 aliphatic carbocycles. The molecule has 1 aromatic rings. The van der Waals surface area contributed by atoms with E-state index in [9.17, 15) is 4.79 Å². The summed E-state index contributed by atoms with van der Waals surface area (Å²) in [4.78, 5) is 11.2. The minimum Gasteiger partial charge on any atom is -0.493 e. The lowest BCUT2D eigenvalue weighted by Crippen LogP contribution is -2.22. The van der Waals surface area contributed by atoms with E-state index in [4.69, 9.17) is 9.47 Å². The number of carbonyl (C=O) groups excluding carboxylic acids is 1. The van der Waals surface area contributed by atoms with Crippen molar-refractivity contribution in [3.63, 3.8) is 0 Å². The monoisotopic (exact) mass is 280 g/mol. The highest BCUT2D eigenvalue weighted by Gasteiger charge is 2.17. The maximum atomic E-state index is 11.2. The molecule has 0 spiro atoms. The number of Topliss-reactive ketones (excluding diaryl/α,β-unsaturated/α-hetero) is 1. The summed E-state index contributed by atoms with van der Waals surface area (Å²) in [6.07, 6.45) is 2.86. The van der Waals surface area contributed by atoms with Crippen LogP contribution >= 0.6 is 11.8 Å². The molecule has 1 aromatic carbocycles. The second kappa shape index (κ2) is 6.85. The molecule has 1 aliphatic heterocycles. The average molecular weight is 280 g/mol. The van der Waals surface area contributed by atoms with Gasteiger partial charge in [0.15, 0.2) is 11.5 Å². The molecule has 1 heterocycles. The highest BCUT2D eigenvalue weighted by atomic mass is 32.2.